The fraction of sp³-hybridized carbons (Fsp3) is 0.200. The highest BCUT2D eigenvalue weighted by molar-refractivity contribution is 5.70. The van der Waals surface area contributed by atoms with Crippen molar-refractivity contribution in [3.63, 3.8) is 0 Å². The number of hydrogen-bond acceptors (Lipinski definition) is 5. The maximum atomic E-state index is 12.8. The van der Waals surface area contributed by atoms with Gasteiger partial charge in [-0.1, -0.05) is 0 Å². The summed E-state index contributed by atoms with van der Waals surface area (Å²) in [6, 6.07) is 8.95. The summed E-state index contributed by atoms with van der Waals surface area (Å²) in [6.07, 6.45) is 1.08. The molecule has 0 radical (unpaired) electrons. The van der Waals surface area contributed by atoms with E-state index in [0.29, 0.717) is 17.1 Å². The lowest BCUT2D eigenvalue weighted by molar-refractivity contribution is 0.171. The lowest BCUT2D eigenvalue weighted by Gasteiger charge is -2.12. The van der Waals surface area contributed by atoms with Crippen molar-refractivity contribution in [2.75, 3.05) is 14.1 Å². The number of ether oxygens (including phenoxy) is 1. The van der Waals surface area contributed by atoms with Crippen LogP contribution in [0.3, 0.4) is 0 Å². The summed E-state index contributed by atoms with van der Waals surface area (Å²) in [7, 11) is 3.18. The molecule has 0 N–H and O–H groups in total. The normalized spacial score (nSPS) is 10.7. The molecular weight excluding hydrogens is 287 g/mol. The fourth-order valence-corrected chi connectivity index (χ4v) is 1.51. The second-order valence-electron chi connectivity index (χ2n) is 4.59. The summed E-state index contributed by atoms with van der Waals surface area (Å²) in [5.41, 5.74) is 1.02. The van der Waals surface area contributed by atoms with Crippen LogP contribution in [0.4, 0.5) is 14.9 Å². The van der Waals surface area contributed by atoms with Crippen molar-refractivity contribution < 1.29 is 13.9 Å². The molecule has 0 fully saturated rings. The molecule has 114 valence electrons. The van der Waals surface area contributed by atoms with Crippen LogP contribution in [0.5, 0.6) is 5.75 Å². The molecular formula is C15H15FN4O2. The minimum Gasteiger partial charge on any atom is -0.408 e. The van der Waals surface area contributed by atoms with Gasteiger partial charge in [-0.2, -0.15) is 10.2 Å². The number of amides is 1. The summed E-state index contributed by atoms with van der Waals surface area (Å²) >= 11 is 0. The van der Waals surface area contributed by atoms with Gasteiger partial charge >= 0.3 is 6.09 Å². The van der Waals surface area contributed by atoms with Crippen molar-refractivity contribution in [3.8, 4) is 5.75 Å². The van der Waals surface area contributed by atoms with Crippen LogP contribution in [0.1, 0.15) is 5.69 Å². The van der Waals surface area contributed by atoms with Crippen molar-refractivity contribution in [2.45, 2.75) is 6.54 Å². The van der Waals surface area contributed by atoms with Crippen LogP contribution in [0.15, 0.2) is 52.8 Å². The van der Waals surface area contributed by atoms with Crippen molar-refractivity contribution in [1.29, 1.82) is 0 Å². The molecule has 7 heteroatoms. The number of pyridine rings is 1. The molecule has 1 amide bonds. The van der Waals surface area contributed by atoms with E-state index in [1.54, 1.807) is 32.4 Å². The third kappa shape index (κ3) is 4.34. The molecule has 0 bridgehead atoms. The molecule has 0 aliphatic rings. The lowest BCUT2D eigenvalue weighted by atomic mass is 10.3. The van der Waals surface area contributed by atoms with Crippen molar-refractivity contribution in [2.24, 2.45) is 10.2 Å². The molecule has 2 aromatic rings. The van der Waals surface area contributed by atoms with E-state index in [0.717, 1.165) is 0 Å². The van der Waals surface area contributed by atoms with E-state index < -0.39 is 6.09 Å². The van der Waals surface area contributed by atoms with Gasteiger partial charge in [0.2, 0.25) is 0 Å². The Labute approximate surface area is 127 Å². The predicted molar refractivity (Wildman–Crippen MR) is 78.6 cm³/mol. The van der Waals surface area contributed by atoms with Crippen LogP contribution >= 0.6 is 0 Å². The molecule has 2 rings (SSSR count). The Morgan fingerprint density at radius 2 is 2.00 bits per heavy atom. The van der Waals surface area contributed by atoms with Gasteiger partial charge in [0.1, 0.15) is 18.1 Å². The van der Waals surface area contributed by atoms with Crippen LogP contribution in [0.25, 0.3) is 0 Å². The van der Waals surface area contributed by atoms with Gasteiger partial charge in [-0.15, -0.1) is 0 Å². The van der Waals surface area contributed by atoms with E-state index >= 15 is 0 Å². The van der Waals surface area contributed by atoms with Gasteiger partial charge in [0.05, 0.1) is 5.69 Å². The van der Waals surface area contributed by atoms with Crippen LogP contribution in [0.2, 0.25) is 0 Å². The lowest BCUT2D eigenvalue weighted by Crippen LogP contribution is -2.25. The summed E-state index contributed by atoms with van der Waals surface area (Å²) in [4.78, 5) is 17.0. The van der Waals surface area contributed by atoms with E-state index in [2.05, 4.69) is 15.2 Å². The molecule has 0 unspecified atom stereocenters. The van der Waals surface area contributed by atoms with Crippen molar-refractivity contribution in [1.82, 2.24) is 9.88 Å². The molecule has 0 saturated carbocycles. The van der Waals surface area contributed by atoms with E-state index in [9.17, 15) is 9.18 Å². The van der Waals surface area contributed by atoms with Crippen molar-refractivity contribution >= 4 is 11.8 Å². The Bertz CT molecular complexity index is 671. The number of nitrogens with zero attached hydrogens (tertiary/aromatic N) is 4. The number of carbonyl (C=O) groups is 1. The minimum atomic E-state index is -0.496. The second kappa shape index (κ2) is 7.26. The van der Waals surface area contributed by atoms with Gasteiger partial charge in [-0.05, 0) is 36.4 Å². The van der Waals surface area contributed by atoms with Gasteiger partial charge in [0.25, 0.3) is 0 Å². The smallest absolute Gasteiger partial charge is 0.408 e. The Morgan fingerprint density at radius 3 is 2.68 bits per heavy atom. The highest BCUT2D eigenvalue weighted by atomic mass is 19.1. The summed E-state index contributed by atoms with van der Waals surface area (Å²) in [5.74, 6) is 0.000756. The first-order valence-corrected chi connectivity index (χ1v) is 6.52. The zero-order chi connectivity index (χ0) is 15.9. The van der Waals surface area contributed by atoms with Crippen LogP contribution < -0.4 is 4.74 Å². The third-order valence-electron chi connectivity index (χ3n) is 2.64. The minimum absolute atomic E-state index is 0.147. The molecule has 1 aromatic heterocycles. The van der Waals surface area contributed by atoms with Gasteiger partial charge < -0.3 is 9.64 Å². The van der Waals surface area contributed by atoms with Gasteiger partial charge in [-0.25, -0.2) is 9.18 Å². The average Bonchev–Trinajstić information content (AvgIpc) is 2.51. The SMILES string of the molecule is CN(C)C(=O)Oc1cccnc1CN=Nc1ccc(F)cc1. The molecule has 0 atom stereocenters. The zero-order valence-corrected chi connectivity index (χ0v) is 12.2. The first-order chi connectivity index (χ1) is 10.6. The quantitative estimate of drug-likeness (QED) is 0.811. The van der Waals surface area contributed by atoms with E-state index in [1.165, 1.54) is 29.2 Å². The molecule has 0 aliphatic heterocycles. The number of rotatable bonds is 4. The van der Waals surface area contributed by atoms with Gasteiger partial charge in [0, 0.05) is 20.3 Å². The number of hydrogen-bond donors (Lipinski definition) is 0. The summed E-state index contributed by atoms with van der Waals surface area (Å²) in [5, 5.41) is 7.95. The molecule has 1 aromatic carbocycles. The largest absolute Gasteiger partial charge is 0.414 e. The predicted octanol–water partition coefficient (Wildman–Crippen LogP) is 3.57. The molecule has 22 heavy (non-hydrogen) atoms. The molecule has 0 aliphatic carbocycles. The fourth-order valence-electron chi connectivity index (χ4n) is 1.51. The van der Waals surface area contributed by atoms with Crippen LogP contribution in [-0.4, -0.2) is 30.1 Å². The Morgan fingerprint density at radius 1 is 1.27 bits per heavy atom. The van der Waals surface area contributed by atoms with Gasteiger partial charge in [0.15, 0.2) is 5.75 Å². The maximum Gasteiger partial charge on any atom is 0.414 e. The molecule has 0 saturated heterocycles. The third-order valence-corrected chi connectivity index (χ3v) is 2.64. The molecule has 0 spiro atoms. The van der Waals surface area contributed by atoms with E-state index in [4.69, 9.17) is 4.74 Å². The van der Waals surface area contributed by atoms with Gasteiger partial charge in [-0.3, -0.25) is 4.98 Å². The highest BCUT2D eigenvalue weighted by Gasteiger charge is 2.11. The first-order valence-electron chi connectivity index (χ1n) is 6.52. The van der Waals surface area contributed by atoms with Crippen LogP contribution in [0, 0.1) is 5.82 Å². The molecule has 1 heterocycles. The maximum absolute atomic E-state index is 12.8. The first kappa shape index (κ1) is 15.6. The highest BCUT2D eigenvalue weighted by Crippen LogP contribution is 2.19. The topological polar surface area (TPSA) is 67.2 Å². The Balaban J connectivity index is 2.06. The number of carbonyl (C=O) groups excluding carboxylic acids is 1. The Hall–Kier alpha value is -2.83. The number of aromatic nitrogens is 1. The average molecular weight is 302 g/mol. The number of azo groups is 1. The van der Waals surface area contributed by atoms with Crippen LogP contribution in [-0.2, 0) is 6.54 Å². The standard InChI is InChI=1S/C15H15FN4O2/c1-20(2)15(21)22-14-4-3-9-17-13(14)10-18-19-12-7-5-11(16)6-8-12/h3-9H,10H2,1-2H3. The molecule has 6 nitrogen and oxygen atoms in total. The Kier molecular flexibility index (Phi) is 5.13. The zero-order valence-electron chi connectivity index (χ0n) is 12.2. The number of halogens is 1. The van der Waals surface area contributed by atoms with E-state index in [-0.39, 0.29) is 12.4 Å². The summed E-state index contributed by atoms with van der Waals surface area (Å²) < 4.78 is 18.0. The second-order valence-corrected chi connectivity index (χ2v) is 4.59. The monoisotopic (exact) mass is 302 g/mol. The van der Waals surface area contributed by atoms with Crippen molar-refractivity contribution in [3.05, 3.63) is 54.1 Å². The number of benzene rings is 1. The van der Waals surface area contributed by atoms with E-state index in [1.807, 2.05) is 0 Å². The summed E-state index contributed by atoms with van der Waals surface area (Å²) in [6.45, 7) is 0.147.